The molecule has 1 aromatic carbocycles. The van der Waals surface area contributed by atoms with Gasteiger partial charge in [0.05, 0.1) is 19.4 Å². The highest BCUT2D eigenvalue weighted by atomic mass is 79.9. The Labute approximate surface area is 135 Å². The molecule has 0 aromatic heterocycles. The Kier molecular flexibility index (Phi) is 9.45. The Morgan fingerprint density at radius 3 is 2.00 bits per heavy atom. The zero-order valence-corrected chi connectivity index (χ0v) is 15.2. The van der Waals surface area contributed by atoms with E-state index >= 15 is 0 Å². The molecule has 0 unspecified atom stereocenters. The van der Waals surface area contributed by atoms with Crippen molar-refractivity contribution < 1.29 is 18.3 Å². The number of hydrogen-bond acceptors (Lipinski definition) is 4. The van der Waals surface area contributed by atoms with Crippen molar-refractivity contribution in [2.24, 2.45) is 0 Å². The Hall–Kier alpha value is -0.190. The number of rotatable bonds is 6. The molecule has 2 rings (SSSR count). The molecular formula is C15H24BrO4P. The number of benzene rings is 1. The first-order valence-electron chi connectivity index (χ1n) is 7.30. The van der Waals surface area contributed by atoms with Crippen molar-refractivity contribution in [2.75, 3.05) is 26.4 Å². The van der Waals surface area contributed by atoms with Gasteiger partial charge in [-0.3, -0.25) is 4.57 Å². The standard InChI is InChI=1S/C11H16BrO3P.C4H8O/c1-3-14-16(13,15-4-2)9-10-5-7-11(12)8-6-10;1-2-4-5-3-1/h5-8H,3-4,9H2,1-2H3;1-4H2. The van der Waals surface area contributed by atoms with Gasteiger partial charge in [-0.15, -0.1) is 0 Å². The summed E-state index contributed by atoms with van der Waals surface area (Å²) < 4.78 is 28.6. The maximum atomic E-state index is 12.2. The van der Waals surface area contributed by atoms with Crippen molar-refractivity contribution in [1.29, 1.82) is 0 Å². The van der Waals surface area contributed by atoms with E-state index in [-0.39, 0.29) is 0 Å². The van der Waals surface area contributed by atoms with E-state index in [1.54, 1.807) is 0 Å². The summed E-state index contributed by atoms with van der Waals surface area (Å²) >= 11 is 3.36. The molecule has 21 heavy (non-hydrogen) atoms. The number of ether oxygens (including phenoxy) is 1. The van der Waals surface area contributed by atoms with Gasteiger partial charge in [0.1, 0.15) is 0 Å². The highest BCUT2D eigenvalue weighted by Crippen LogP contribution is 2.51. The minimum Gasteiger partial charge on any atom is -0.381 e. The van der Waals surface area contributed by atoms with Gasteiger partial charge < -0.3 is 13.8 Å². The number of halogens is 1. The molecule has 120 valence electrons. The van der Waals surface area contributed by atoms with Crippen LogP contribution in [0.1, 0.15) is 32.3 Å². The van der Waals surface area contributed by atoms with Crippen molar-refractivity contribution in [2.45, 2.75) is 32.9 Å². The van der Waals surface area contributed by atoms with E-state index in [4.69, 9.17) is 13.8 Å². The second-order valence-corrected chi connectivity index (χ2v) is 7.52. The zero-order chi connectivity index (χ0) is 15.6. The highest BCUT2D eigenvalue weighted by Gasteiger charge is 2.23. The molecule has 6 heteroatoms. The van der Waals surface area contributed by atoms with Gasteiger partial charge in [-0.25, -0.2) is 0 Å². The maximum Gasteiger partial charge on any atom is 0.335 e. The second kappa shape index (κ2) is 10.5. The number of hydrogen-bond donors (Lipinski definition) is 0. The van der Waals surface area contributed by atoms with Crippen molar-refractivity contribution in [3.8, 4) is 0 Å². The van der Waals surface area contributed by atoms with E-state index in [1.807, 2.05) is 38.1 Å². The molecule has 0 atom stereocenters. The Balaban J connectivity index is 0.000000369. The summed E-state index contributed by atoms with van der Waals surface area (Å²) in [7, 11) is -2.97. The summed E-state index contributed by atoms with van der Waals surface area (Å²) in [6, 6.07) is 7.65. The fourth-order valence-electron chi connectivity index (χ4n) is 1.85. The zero-order valence-electron chi connectivity index (χ0n) is 12.7. The highest BCUT2D eigenvalue weighted by molar-refractivity contribution is 9.10. The fraction of sp³-hybridized carbons (Fsp3) is 0.600. The van der Waals surface area contributed by atoms with Gasteiger partial charge in [-0.2, -0.15) is 0 Å². The maximum absolute atomic E-state index is 12.2. The van der Waals surface area contributed by atoms with Crippen molar-refractivity contribution >= 4 is 23.5 Å². The summed E-state index contributed by atoms with van der Waals surface area (Å²) in [5.41, 5.74) is 0.952. The van der Waals surface area contributed by atoms with Crippen molar-refractivity contribution in [3.05, 3.63) is 34.3 Å². The molecule has 0 saturated carbocycles. The monoisotopic (exact) mass is 378 g/mol. The molecule has 1 fully saturated rings. The van der Waals surface area contributed by atoms with Crippen LogP contribution in [-0.4, -0.2) is 26.4 Å². The van der Waals surface area contributed by atoms with Crippen LogP contribution in [0.15, 0.2) is 28.7 Å². The minimum absolute atomic E-state index is 0.321. The molecule has 1 saturated heterocycles. The molecule has 0 bridgehead atoms. The van der Waals surface area contributed by atoms with E-state index in [9.17, 15) is 4.57 Å². The van der Waals surface area contributed by atoms with Gasteiger partial charge in [0.25, 0.3) is 0 Å². The van der Waals surface area contributed by atoms with E-state index < -0.39 is 7.60 Å². The Morgan fingerprint density at radius 1 is 1.10 bits per heavy atom. The normalized spacial score (nSPS) is 14.6. The van der Waals surface area contributed by atoms with Crippen LogP contribution >= 0.6 is 23.5 Å². The molecule has 1 aliphatic rings. The molecular weight excluding hydrogens is 355 g/mol. The first kappa shape index (κ1) is 18.9. The summed E-state index contributed by atoms with van der Waals surface area (Å²) in [6.07, 6.45) is 2.88. The lowest BCUT2D eigenvalue weighted by Gasteiger charge is -2.16. The van der Waals surface area contributed by atoms with Crippen LogP contribution in [0.2, 0.25) is 0 Å². The molecule has 1 aliphatic heterocycles. The summed E-state index contributed by atoms with van der Waals surface area (Å²) in [6.45, 7) is 6.42. The van der Waals surface area contributed by atoms with E-state index in [1.165, 1.54) is 12.8 Å². The summed E-state index contributed by atoms with van der Waals surface area (Å²) in [4.78, 5) is 0. The molecule has 0 N–H and O–H groups in total. The van der Waals surface area contributed by atoms with Crippen LogP contribution in [0.4, 0.5) is 0 Å². The predicted octanol–water partition coefficient (Wildman–Crippen LogP) is 5.01. The smallest absolute Gasteiger partial charge is 0.335 e. The van der Waals surface area contributed by atoms with Crippen LogP contribution < -0.4 is 0 Å². The third kappa shape index (κ3) is 8.12. The largest absolute Gasteiger partial charge is 0.381 e. The lowest BCUT2D eigenvalue weighted by Crippen LogP contribution is -1.98. The lowest BCUT2D eigenvalue weighted by atomic mass is 10.2. The van der Waals surface area contributed by atoms with Gasteiger partial charge in [0, 0.05) is 17.7 Å². The molecule has 1 heterocycles. The topological polar surface area (TPSA) is 44.8 Å². The van der Waals surface area contributed by atoms with E-state index in [2.05, 4.69) is 15.9 Å². The predicted molar refractivity (Wildman–Crippen MR) is 88.8 cm³/mol. The first-order chi connectivity index (χ1) is 10.1. The molecule has 0 radical (unpaired) electrons. The van der Waals surface area contributed by atoms with Gasteiger partial charge in [-0.1, -0.05) is 28.1 Å². The third-order valence-corrected chi connectivity index (χ3v) is 5.35. The average molecular weight is 379 g/mol. The van der Waals surface area contributed by atoms with Crippen molar-refractivity contribution in [1.82, 2.24) is 0 Å². The fourth-order valence-corrected chi connectivity index (χ4v) is 3.81. The molecule has 0 aliphatic carbocycles. The minimum atomic E-state index is -2.97. The van der Waals surface area contributed by atoms with Gasteiger partial charge in [0.2, 0.25) is 0 Å². The quantitative estimate of drug-likeness (QED) is 0.652. The van der Waals surface area contributed by atoms with Crippen LogP contribution in [0.3, 0.4) is 0 Å². The molecule has 4 nitrogen and oxygen atoms in total. The second-order valence-electron chi connectivity index (χ2n) is 4.55. The van der Waals surface area contributed by atoms with Crippen LogP contribution in [0.5, 0.6) is 0 Å². The van der Waals surface area contributed by atoms with Gasteiger partial charge in [-0.05, 0) is 44.4 Å². The summed E-state index contributed by atoms with van der Waals surface area (Å²) in [5.74, 6) is 0. The Morgan fingerprint density at radius 2 is 1.62 bits per heavy atom. The van der Waals surface area contributed by atoms with Crippen LogP contribution in [0.25, 0.3) is 0 Å². The Bertz CT molecular complexity index is 414. The van der Waals surface area contributed by atoms with Crippen LogP contribution in [0, 0.1) is 0 Å². The SMILES string of the molecule is C1CCOC1.CCOP(=O)(Cc1ccc(Br)cc1)OCC. The van der Waals surface area contributed by atoms with Gasteiger partial charge >= 0.3 is 7.60 Å². The van der Waals surface area contributed by atoms with Crippen molar-refractivity contribution in [3.63, 3.8) is 0 Å². The molecule has 0 amide bonds. The third-order valence-electron chi connectivity index (χ3n) is 2.77. The lowest BCUT2D eigenvalue weighted by molar-refractivity contribution is 0.198. The molecule has 1 aromatic rings. The van der Waals surface area contributed by atoms with Gasteiger partial charge in [0.15, 0.2) is 0 Å². The van der Waals surface area contributed by atoms with E-state index in [0.717, 1.165) is 23.2 Å². The molecule has 0 spiro atoms. The summed E-state index contributed by atoms with van der Waals surface area (Å²) in [5, 5.41) is 0. The van der Waals surface area contributed by atoms with E-state index in [0.29, 0.717) is 19.4 Å². The van der Waals surface area contributed by atoms with Crippen LogP contribution in [-0.2, 0) is 24.5 Å². The first-order valence-corrected chi connectivity index (χ1v) is 9.82. The average Bonchev–Trinajstić information content (AvgIpc) is 3.01.